The topological polar surface area (TPSA) is 16.4 Å². The number of anilines is 3. The summed E-state index contributed by atoms with van der Waals surface area (Å²) < 4.78 is 6.54. The van der Waals surface area contributed by atoms with Gasteiger partial charge in [0, 0.05) is 33.2 Å². The van der Waals surface area contributed by atoms with Gasteiger partial charge in [-0.3, -0.25) is 0 Å². The van der Waals surface area contributed by atoms with E-state index in [1.807, 2.05) is 0 Å². The molecule has 2 nitrogen and oxygen atoms in total. The molecule has 0 bridgehead atoms. The van der Waals surface area contributed by atoms with Crippen LogP contribution in [-0.2, 0) is 0 Å². The van der Waals surface area contributed by atoms with Gasteiger partial charge in [0.25, 0.3) is 0 Å². The van der Waals surface area contributed by atoms with Gasteiger partial charge in [0.2, 0.25) is 0 Å². The van der Waals surface area contributed by atoms with Crippen LogP contribution < -0.4 is 25.6 Å². The van der Waals surface area contributed by atoms with Gasteiger partial charge >= 0.3 is 0 Å². The molecule has 0 unspecified atom stereocenters. The van der Waals surface area contributed by atoms with Crippen LogP contribution in [0.4, 0.5) is 17.1 Å². The van der Waals surface area contributed by atoms with E-state index in [1.165, 1.54) is 37.3 Å². The van der Waals surface area contributed by atoms with Crippen molar-refractivity contribution < 1.29 is 4.42 Å². The summed E-state index contributed by atoms with van der Waals surface area (Å²) in [6, 6.07) is 81.6. The molecule has 0 spiro atoms. The Labute approximate surface area is 322 Å². The third kappa shape index (κ3) is 5.65. The zero-order chi connectivity index (χ0) is 36.6. The van der Waals surface area contributed by atoms with Crippen LogP contribution in [0.1, 0.15) is 0 Å². The van der Waals surface area contributed by atoms with Crippen LogP contribution in [0.15, 0.2) is 229 Å². The van der Waals surface area contributed by atoms with Crippen LogP contribution in [0.5, 0.6) is 0 Å². The third-order valence-corrected chi connectivity index (χ3v) is 15.8. The first kappa shape index (κ1) is 32.7. The molecule has 260 valence electrons. The highest BCUT2D eigenvalue weighted by molar-refractivity contribution is 7.19. The summed E-state index contributed by atoms with van der Waals surface area (Å²) >= 11 is 0. The van der Waals surface area contributed by atoms with Crippen molar-refractivity contribution in [1.82, 2.24) is 0 Å². The van der Waals surface area contributed by atoms with E-state index < -0.39 is 8.07 Å². The van der Waals surface area contributed by atoms with Crippen molar-refractivity contribution in [2.45, 2.75) is 0 Å². The van der Waals surface area contributed by atoms with Gasteiger partial charge in [0.1, 0.15) is 11.2 Å². The Hall–Kier alpha value is -6.94. The molecule has 0 fully saturated rings. The molecule has 0 aliphatic rings. The minimum absolute atomic E-state index is 0.884. The molecular formula is C52H37NOSi. The van der Waals surface area contributed by atoms with Gasteiger partial charge in [0.05, 0.1) is 0 Å². The molecule has 0 atom stereocenters. The molecule has 0 radical (unpaired) electrons. The second-order valence-electron chi connectivity index (χ2n) is 14.1. The Morgan fingerprint density at radius 2 is 0.800 bits per heavy atom. The zero-order valence-corrected chi connectivity index (χ0v) is 31.2. The largest absolute Gasteiger partial charge is 0.455 e. The van der Waals surface area contributed by atoms with Crippen molar-refractivity contribution in [3.8, 4) is 11.1 Å². The van der Waals surface area contributed by atoms with Gasteiger partial charge in [-0.1, -0.05) is 176 Å². The summed E-state index contributed by atoms with van der Waals surface area (Å²) in [5.41, 5.74) is 7.45. The van der Waals surface area contributed by atoms with E-state index in [0.29, 0.717) is 0 Å². The summed E-state index contributed by atoms with van der Waals surface area (Å²) in [5, 5.41) is 9.94. The molecule has 1 heterocycles. The predicted octanol–water partition coefficient (Wildman–Crippen LogP) is 11.3. The highest BCUT2D eigenvalue weighted by Crippen LogP contribution is 2.40. The number of furan rings is 1. The Morgan fingerprint density at radius 1 is 0.327 bits per heavy atom. The first-order chi connectivity index (χ1) is 27.3. The monoisotopic (exact) mass is 719 g/mol. The van der Waals surface area contributed by atoms with Gasteiger partial charge in [-0.2, -0.15) is 0 Å². The second-order valence-corrected chi connectivity index (χ2v) is 17.9. The molecule has 0 aliphatic carbocycles. The number of hydrogen-bond donors (Lipinski definition) is 0. The maximum absolute atomic E-state index is 6.54. The Balaban J connectivity index is 1.16. The smallest absolute Gasteiger partial charge is 0.179 e. The maximum Gasteiger partial charge on any atom is 0.179 e. The number of hydrogen-bond acceptors (Lipinski definition) is 2. The molecule has 10 rings (SSSR count). The fourth-order valence-corrected chi connectivity index (χ4v) is 13.2. The zero-order valence-electron chi connectivity index (χ0n) is 30.2. The standard InChI is InChI=1S/C52H37NOSi/c1-5-15-38(16-6-1)39-25-28-41(29-26-39)53(43-32-36-51-50(37-43)49-35-27-40-17-13-14-24-48(40)52(49)54-51)42-30-33-47(34-31-42)55(44-18-7-2-8-19-44,45-20-9-3-10-21-45)46-22-11-4-12-23-46/h1-37H. The molecule has 0 saturated heterocycles. The summed E-state index contributed by atoms with van der Waals surface area (Å²) in [6.45, 7) is 0. The fraction of sp³-hybridized carbons (Fsp3) is 0. The SMILES string of the molecule is c1ccc(-c2ccc(N(c3ccc([Si](c4ccccc4)(c4ccccc4)c4ccccc4)cc3)c3ccc4oc5c6ccccc6ccc5c4c3)cc2)cc1. The maximum atomic E-state index is 6.54. The fourth-order valence-electron chi connectivity index (χ4n) is 8.44. The second kappa shape index (κ2) is 13.8. The molecule has 1 aromatic heterocycles. The van der Waals surface area contributed by atoms with E-state index in [4.69, 9.17) is 4.42 Å². The molecule has 9 aromatic carbocycles. The van der Waals surface area contributed by atoms with E-state index in [1.54, 1.807) is 0 Å². The van der Waals surface area contributed by atoms with Crippen LogP contribution in [-0.4, -0.2) is 8.07 Å². The van der Waals surface area contributed by atoms with E-state index in [9.17, 15) is 0 Å². The Bertz CT molecular complexity index is 2790. The van der Waals surface area contributed by atoms with Gasteiger partial charge < -0.3 is 9.32 Å². The van der Waals surface area contributed by atoms with Crippen LogP contribution >= 0.6 is 0 Å². The van der Waals surface area contributed by atoms with Crippen molar-refractivity contribution in [1.29, 1.82) is 0 Å². The van der Waals surface area contributed by atoms with Crippen LogP contribution in [0, 0.1) is 0 Å². The number of benzene rings is 9. The van der Waals surface area contributed by atoms with Crippen LogP contribution in [0.3, 0.4) is 0 Å². The van der Waals surface area contributed by atoms with E-state index >= 15 is 0 Å². The van der Waals surface area contributed by atoms with Crippen molar-refractivity contribution >= 4 is 78.6 Å². The minimum atomic E-state index is -2.67. The average Bonchev–Trinajstić information content (AvgIpc) is 3.65. The van der Waals surface area contributed by atoms with E-state index in [-0.39, 0.29) is 0 Å². The Kier molecular flexibility index (Phi) is 8.20. The first-order valence-electron chi connectivity index (χ1n) is 18.8. The van der Waals surface area contributed by atoms with E-state index in [2.05, 4.69) is 229 Å². The van der Waals surface area contributed by atoms with Crippen molar-refractivity contribution in [3.05, 3.63) is 224 Å². The summed E-state index contributed by atoms with van der Waals surface area (Å²) in [4.78, 5) is 2.37. The van der Waals surface area contributed by atoms with Crippen molar-refractivity contribution in [3.63, 3.8) is 0 Å². The third-order valence-electron chi connectivity index (χ3n) is 11.0. The van der Waals surface area contributed by atoms with Crippen LogP contribution in [0.25, 0.3) is 43.8 Å². The lowest BCUT2D eigenvalue weighted by Gasteiger charge is -2.35. The molecule has 0 aliphatic heterocycles. The normalized spacial score (nSPS) is 11.6. The van der Waals surface area contributed by atoms with E-state index in [0.717, 1.165) is 44.4 Å². The molecule has 3 heteroatoms. The van der Waals surface area contributed by atoms with Gasteiger partial charge in [-0.05, 0) is 85.8 Å². The average molecular weight is 720 g/mol. The molecular weight excluding hydrogens is 683 g/mol. The number of rotatable bonds is 8. The lowest BCUT2D eigenvalue weighted by molar-refractivity contribution is 0.672. The lowest BCUT2D eigenvalue weighted by atomic mass is 10.0. The molecule has 0 saturated carbocycles. The highest BCUT2D eigenvalue weighted by atomic mass is 28.3. The summed E-state index contributed by atoms with van der Waals surface area (Å²) in [5.74, 6) is 0. The highest BCUT2D eigenvalue weighted by Gasteiger charge is 2.41. The minimum Gasteiger partial charge on any atom is -0.455 e. The number of fused-ring (bicyclic) bond motifs is 5. The van der Waals surface area contributed by atoms with Crippen molar-refractivity contribution in [2.24, 2.45) is 0 Å². The van der Waals surface area contributed by atoms with Gasteiger partial charge in [-0.15, -0.1) is 0 Å². The quantitative estimate of drug-likeness (QED) is 0.115. The summed E-state index contributed by atoms with van der Waals surface area (Å²) in [7, 11) is -2.67. The lowest BCUT2D eigenvalue weighted by Crippen LogP contribution is -2.74. The number of nitrogens with zero attached hydrogens (tertiary/aromatic N) is 1. The van der Waals surface area contributed by atoms with Gasteiger partial charge in [-0.25, -0.2) is 0 Å². The first-order valence-corrected chi connectivity index (χ1v) is 20.8. The van der Waals surface area contributed by atoms with Crippen LogP contribution in [0.2, 0.25) is 0 Å². The molecule has 55 heavy (non-hydrogen) atoms. The van der Waals surface area contributed by atoms with Gasteiger partial charge in [0.15, 0.2) is 8.07 Å². The Morgan fingerprint density at radius 3 is 1.40 bits per heavy atom. The molecule has 0 N–H and O–H groups in total. The van der Waals surface area contributed by atoms with Crippen molar-refractivity contribution in [2.75, 3.05) is 4.90 Å². The molecule has 0 amide bonds. The summed E-state index contributed by atoms with van der Waals surface area (Å²) in [6.07, 6.45) is 0. The molecule has 10 aromatic rings. The predicted molar refractivity (Wildman–Crippen MR) is 235 cm³/mol.